The molecule has 4 heteroatoms. The number of nitrogens with zero attached hydrogens (tertiary/aromatic N) is 2. The second-order valence-corrected chi connectivity index (χ2v) is 6.63. The first-order valence-corrected chi connectivity index (χ1v) is 9.21. The number of aromatic nitrogens is 2. The Morgan fingerprint density at radius 2 is 2.00 bits per heavy atom. The lowest BCUT2D eigenvalue weighted by molar-refractivity contribution is -0.111. The molecule has 3 aromatic rings. The van der Waals surface area contributed by atoms with Crippen LogP contribution in [0.1, 0.15) is 26.0 Å². The zero-order valence-corrected chi connectivity index (χ0v) is 16.2. The van der Waals surface area contributed by atoms with Gasteiger partial charge in [-0.3, -0.25) is 9.78 Å². The normalized spacial score (nSPS) is 12.0. The minimum absolute atomic E-state index is 0.0587. The third-order valence-corrected chi connectivity index (χ3v) is 4.65. The zero-order valence-electron chi connectivity index (χ0n) is 15.4. The molecule has 0 aliphatic rings. The quantitative estimate of drug-likeness (QED) is 0.380. The molecule has 0 spiro atoms. The van der Waals surface area contributed by atoms with Gasteiger partial charge in [-0.25, -0.2) is 0 Å². The van der Waals surface area contributed by atoms with E-state index < -0.39 is 0 Å². The summed E-state index contributed by atoms with van der Waals surface area (Å²) in [7, 11) is 0. The molecule has 27 heavy (non-hydrogen) atoms. The number of fused-ring (bicyclic) bond motifs is 1. The number of benzene rings is 1. The van der Waals surface area contributed by atoms with Gasteiger partial charge in [-0.15, -0.1) is 0 Å². The van der Waals surface area contributed by atoms with E-state index in [-0.39, 0.29) is 5.78 Å². The average molecular weight is 377 g/mol. The molecule has 0 saturated heterocycles. The van der Waals surface area contributed by atoms with Gasteiger partial charge >= 0.3 is 0 Å². The van der Waals surface area contributed by atoms with E-state index in [1.807, 2.05) is 62.5 Å². The number of pyridine rings is 1. The Morgan fingerprint density at radius 3 is 2.67 bits per heavy atom. The molecule has 0 aliphatic carbocycles. The summed E-state index contributed by atoms with van der Waals surface area (Å²) in [6.07, 6.45) is 9.74. The summed E-state index contributed by atoms with van der Waals surface area (Å²) in [6, 6.07) is 11.7. The van der Waals surface area contributed by atoms with Crippen molar-refractivity contribution in [2.75, 3.05) is 0 Å². The average Bonchev–Trinajstić information content (AvgIpc) is 3.07. The van der Waals surface area contributed by atoms with Crippen LogP contribution >= 0.6 is 11.6 Å². The van der Waals surface area contributed by atoms with E-state index in [0.29, 0.717) is 17.0 Å². The molecular formula is C23H21ClN2O. The van der Waals surface area contributed by atoms with Crippen molar-refractivity contribution in [1.82, 2.24) is 9.55 Å². The van der Waals surface area contributed by atoms with E-state index in [2.05, 4.69) is 22.2 Å². The second kappa shape index (κ2) is 8.19. The smallest absolute Gasteiger partial charge is 0.181 e. The largest absolute Gasteiger partial charge is 0.308 e. The van der Waals surface area contributed by atoms with Crippen LogP contribution in [0.4, 0.5) is 0 Å². The van der Waals surface area contributed by atoms with Crippen molar-refractivity contribution in [3.8, 4) is 5.69 Å². The highest BCUT2D eigenvalue weighted by Crippen LogP contribution is 2.30. The lowest BCUT2D eigenvalue weighted by atomic mass is 10.0. The van der Waals surface area contributed by atoms with Gasteiger partial charge in [-0.05, 0) is 61.4 Å². The van der Waals surface area contributed by atoms with E-state index in [1.54, 1.807) is 12.3 Å². The van der Waals surface area contributed by atoms with E-state index in [0.717, 1.165) is 27.9 Å². The van der Waals surface area contributed by atoms with Crippen LogP contribution in [0.5, 0.6) is 0 Å². The van der Waals surface area contributed by atoms with Crippen molar-refractivity contribution in [2.45, 2.75) is 20.3 Å². The van der Waals surface area contributed by atoms with Gasteiger partial charge in [-0.1, -0.05) is 37.3 Å². The lowest BCUT2D eigenvalue weighted by Gasteiger charge is -2.12. The van der Waals surface area contributed by atoms with Crippen LogP contribution in [-0.2, 0) is 4.79 Å². The van der Waals surface area contributed by atoms with Gasteiger partial charge in [0, 0.05) is 27.9 Å². The Hall–Kier alpha value is -2.91. The predicted octanol–water partition coefficient (Wildman–Crippen LogP) is 6.17. The van der Waals surface area contributed by atoms with Gasteiger partial charge in [0.2, 0.25) is 0 Å². The van der Waals surface area contributed by atoms with E-state index in [4.69, 9.17) is 11.6 Å². The highest BCUT2D eigenvalue weighted by molar-refractivity contribution is 6.30. The first-order chi connectivity index (χ1) is 13.0. The SMILES string of the molecule is C=C(CC)C(=O)C=C(C=CC)c1cc2ccncc2n1-c1ccc(Cl)cc1. The topological polar surface area (TPSA) is 34.9 Å². The maximum atomic E-state index is 12.5. The molecule has 2 heterocycles. The highest BCUT2D eigenvalue weighted by Gasteiger charge is 2.15. The molecule has 0 saturated carbocycles. The summed E-state index contributed by atoms with van der Waals surface area (Å²) in [6.45, 7) is 7.73. The molecule has 0 aliphatic heterocycles. The first kappa shape index (κ1) is 18.9. The predicted molar refractivity (Wildman–Crippen MR) is 113 cm³/mol. The molecule has 0 N–H and O–H groups in total. The molecule has 0 unspecified atom stereocenters. The van der Waals surface area contributed by atoms with Crippen LogP contribution in [0.3, 0.4) is 0 Å². The van der Waals surface area contributed by atoms with Gasteiger partial charge < -0.3 is 4.57 Å². The molecule has 136 valence electrons. The Morgan fingerprint density at radius 1 is 1.26 bits per heavy atom. The van der Waals surface area contributed by atoms with Crippen molar-refractivity contribution in [2.24, 2.45) is 0 Å². The Kier molecular flexibility index (Phi) is 5.72. The number of hydrogen-bond acceptors (Lipinski definition) is 2. The zero-order chi connectivity index (χ0) is 19.4. The van der Waals surface area contributed by atoms with Crippen LogP contribution in [-0.4, -0.2) is 15.3 Å². The molecule has 0 bridgehead atoms. The molecule has 1 aromatic carbocycles. The van der Waals surface area contributed by atoms with E-state index >= 15 is 0 Å². The van der Waals surface area contributed by atoms with Gasteiger partial charge in [-0.2, -0.15) is 0 Å². The van der Waals surface area contributed by atoms with E-state index in [1.165, 1.54) is 0 Å². The summed E-state index contributed by atoms with van der Waals surface area (Å²) in [5.74, 6) is -0.0587. The molecule has 0 fully saturated rings. The summed E-state index contributed by atoms with van der Waals surface area (Å²) >= 11 is 6.06. The standard InChI is InChI=1S/C23H21ClN2O/c1-4-6-17(14-23(27)16(3)5-2)21-13-18-11-12-25-15-22(18)26(21)20-9-7-19(24)8-10-20/h4,6-15H,3,5H2,1-2H3. The number of rotatable bonds is 6. The van der Waals surface area contributed by atoms with Gasteiger partial charge in [0.15, 0.2) is 5.78 Å². The fourth-order valence-electron chi connectivity index (χ4n) is 2.93. The Balaban J connectivity index is 2.27. The van der Waals surface area contributed by atoms with Gasteiger partial charge in [0.1, 0.15) is 0 Å². The number of carbonyl (C=O) groups excluding carboxylic acids is 1. The first-order valence-electron chi connectivity index (χ1n) is 8.83. The van der Waals surface area contributed by atoms with Crippen molar-refractivity contribution in [3.63, 3.8) is 0 Å². The number of hydrogen-bond donors (Lipinski definition) is 0. The van der Waals surface area contributed by atoms with Crippen LogP contribution < -0.4 is 0 Å². The lowest BCUT2D eigenvalue weighted by Crippen LogP contribution is -2.02. The van der Waals surface area contributed by atoms with Crippen molar-refractivity contribution < 1.29 is 4.79 Å². The molecule has 3 rings (SSSR count). The van der Waals surface area contributed by atoms with Crippen LogP contribution in [0.2, 0.25) is 5.02 Å². The fraction of sp³-hybridized carbons (Fsp3) is 0.130. The maximum absolute atomic E-state index is 12.5. The third kappa shape index (κ3) is 3.93. The molecule has 3 nitrogen and oxygen atoms in total. The summed E-state index contributed by atoms with van der Waals surface area (Å²) in [5, 5.41) is 1.72. The number of carbonyl (C=O) groups is 1. The van der Waals surface area contributed by atoms with Crippen molar-refractivity contribution in [3.05, 3.63) is 89.9 Å². The fourth-order valence-corrected chi connectivity index (χ4v) is 3.06. The Labute approximate surface area is 164 Å². The second-order valence-electron chi connectivity index (χ2n) is 6.20. The van der Waals surface area contributed by atoms with Crippen molar-refractivity contribution >= 4 is 33.9 Å². The van der Waals surface area contributed by atoms with Crippen molar-refractivity contribution in [1.29, 1.82) is 0 Å². The third-order valence-electron chi connectivity index (χ3n) is 4.40. The minimum Gasteiger partial charge on any atom is -0.308 e. The van der Waals surface area contributed by atoms with Gasteiger partial charge in [0.05, 0.1) is 17.4 Å². The van der Waals surface area contributed by atoms with E-state index in [9.17, 15) is 4.79 Å². The minimum atomic E-state index is -0.0587. The summed E-state index contributed by atoms with van der Waals surface area (Å²) in [4.78, 5) is 16.8. The molecular weight excluding hydrogens is 356 g/mol. The Bertz CT molecular complexity index is 1060. The number of ketones is 1. The monoisotopic (exact) mass is 376 g/mol. The molecule has 0 atom stereocenters. The molecule has 0 amide bonds. The van der Waals surface area contributed by atoms with Crippen LogP contribution in [0.15, 0.2) is 79.2 Å². The highest BCUT2D eigenvalue weighted by atomic mass is 35.5. The number of halogens is 1. The van der Waals surface area contributed by atoms with Crippen LogP contribution in [0, 0.1) is 0 Å². The van der Waals surface area contributed by atoms with Gasteiger partial charge in [0.25, 0.3) is 0 Å². The maximum Gasteiger partial charge on any atom is 0.181 e. The summed E-state index contributed by atoms with van der Waals surface area (Å²) in [5.41, 5.74) is 4.24. The molecule has 0 radical (unpaired) electrons. The molecule has 2 aromatic heterocycles. The summed E-state index contributed by atoms with van der Waals surface area (Å²) < 4.78 is 2.09. The van der Waals surface area contributed by atoms with Crippen LogP contribution in [0.25, 0.3) is 22.2 Å². The number of allylic oxidation sites excluding steroid dienone is 5.